The van der Waals surface area contributed by atoms with E-state index in [4.69, 9.17) is 0 Å². The topological polar surface area (TPSA) is 49.4 Å². The van der Waals surface area contributed by atoms with Gasteiger partial charge in [0.1, 0.15) is 0 Å². The minimum absolute atomic E-state index is 0.0363. The maximum Gasteiger partial charge on any atom is 0.217 e. The molecule has 0 aromatic carbocycles. The van der Waals surface area contributed by atoms with E-state index in [1.165, 1.54) is 0 Å². The van der Waals surface area contributed by atoms with Crippen molar-refractivity contribution >= 4 is 11.7 Å². The number of amides is 1. The van der Waals surface area contributed by atoms with Gasteiger partial charge in [0.05, 0.1) is 6.54 Å². The highest BCUT2D eigenvalue weighted by molar-refractivity contribution is 5.85. The summed E-state index contributed by atoms with van der Waals surface area (Å²) in [5.74, 6) is 0.324. The van der Waals surface area contributed by atoms with Gasteiger partial charge in [0.15, 0.2) is 5.78 Å². The number of piperidine rings is 1. The highest BCUT2D eigenvalue weighted by Gasteiger charge is 2.26. The van der Waals surface area contributed by atoms with E-state index < -0.39 is 0 Å². The first kappa shape index (κ1) is 14.2. The van der Waals surface area contributed by atoms with Crippen molar-refractivity contribution in [3.8, 4) is 0 Å². The van der Waals surface area contributed by atoms with Crippen molar-refractivity contribution < 1.29 is 9.59 Å². The Morgan fingerprint density at radius 2 is 1.76 bits per heavy atom. The van der Waals surface area contributed by atoms with Crippen LogP contribution in [-0.4, -0.2) is 42.3 Å². The van der Waals surface area contributed by atoms with Crippen molar-refractivity contribution in [3.05, 3.63) is 0 Å². The summed E-state index contributed by atoms with van der Waals surface area (Å²) in [5, 5.41) is 2.94. The third kappa shape index (κ3) is 4.86. The third-order valence-corrected chi connectivity index (χ3v) is 3.20. The Morgan fingerprint density at radius 3 is 2.18 bits per heavy atom. The lowest BCUT2D eigenvalue weighted by Crippen LogP contribution is -2.46. The van der Waals surface area contributed by atoms with Gasteiger partial charge >= 0.3 is 0 Å². The molecule has 1 N–H and O–H groups in total. The van der Waals surface area contributed by atoms with Gasteiger partial charge in [0, 0.05) is 31.5 Å². The van der Waals surface area contributed by atoms with Gasteiger partial charge in [-0.2, -0.15) is 0 Å². The van der Waals surface area contributed by atoms with Crippen molar-refractivity contribution in [1.29, 1.82) is 0 Å². The van der Waals surface area contributed by atoms with Gasteiger partial charge in [-0.1, -0.05) is 20.8 Å². The van der Waals surface area contributed by atoms with Crippen LogP contribution in [0.25, 0.3) is 0 Å². The van der Waals surface area contributed by atoms with E-state index in [0.29, 0.717) is 6.54 Å². The molecule has 1 heterocycles. The Morgan fingerprint density at radius 1 is 1.24 bits per heavy atom. The van der Waals surface area contributed by atoms with Crippen LogP contribution in [0, 0.1) is 5.41 Å². The van der Waals surface area contributed by atoms with Crippen molar-refractivity contribution in [2.45, 2.75) is 46.6 Å². The molecule has 1 rings (SSSR count). The highest BCUT2D eigenvalue weighted by atomic mass is 16.1. The predicted molar refractivity (Wildman–Crippen MR) is 67.7 cm³/mol. The van der Waals surface area contributed by atoms with E-state index in [9.17, 15) is 9.59 Å². The summed E-state index contributed by atoms with van der Waals surface area (Å²) in [5.41, 5.74) is -0.255. The molecular weight excluding hydrogens is 216 g/mol. The van der Waals surface area contributed by atoms with Gasteiger partial charge in [-0.3, -0.25) is 14.5 Å². The van der Waals surface area contributed by atoms with Crippen LogP contribution in [0.3, 0.4) is 0 Å². The van der Waals surface area contributed by atoms with E-state index in [-0.39, 0.29) is 23.1 Å². The lowest BCUT2D eigenvalue weighted by Gasteiger charge is -2.33. The molecule has 98 valence electrons. The number of carbonyl (C=O) groups excluding carboxylic acids is 2. The first-order valence-electron chi connectivity index (χ1n) is 6.32. The molecule has 1 saturated heterocycles. The van der Waals surface area contributed by atoms with Crippen molar-refractivity contribution in [2.24, 2.45) is 5.41 Å². The van der Waals surface area contributed by atoms with Crippen LogP contribution in [0.5, 0.6) is 0 Å². The standard InChI is InChI=1S/C13H24N2O2/c1-10(16)14-11-5-7-15(8-6-11)9-12(17)13(2,3)4/h11H,5-9H2,1-4H3,(H,14,16). The molecule has 1 aliphatic rings. The Bertz CT molecular complexity index is 286. The SMILES string of the molecule is CC(=O)NC1CCN(CC(=O)C(C)(C)C)CC1. The normalized spacial score (nSPS) is 19.1. The molecule has 0 radical (unpaired) electrons. The van der Waals surface area contributed by atoms with Gasteiger partial charge in [0.2, 0.25) is 5.91 Å². The summed E-state index contributed by atoms with van der Waals surface area (Å²) in [6.07, 6.45) is 1.88. The zero-order chi connectivity index (χ0) is 13.1. The van der Waals surface area contributed by atoms with E-state index in [0.717, 1.165) is 25.9 Å². The quantitative estimate of drug-likeness (QED) is 0.806. The number of Topliss-reactive ketones (excluding diaryl/α,β-unsaturated/α-hetero) is 1. The second-order valence-electron chi connectivity index (χ2n) is 5.92. The molecular formula is C13H24N2O2. The summed E-state index contributed by atoms with van der Waals surface area (Å²) in [4.78, 5) is 25.0. The zero-order valence-electron chi connectivity index (χ0n) is 11.4. The summed E-state index contributed by atoms with van der Waals surface area (Å²) in [6, 6.07) is 0.286. The second kappa shape index (κ2) is 5.63. The van der Waals surface area contributed by atoms with Crippen LogP contribution in [0.4, 0.5) is 0 Å². The van der Waals surface area contributed by atoms with Crippen molar-refractivity contribution in [3.63, 3.8) is 0 Å². The van der Waals surface area contributed by atoms with E-state index in [2.05, 4.69) is 10.2 Å². The number of rotatable bonds is 3. The smallest absolute Gasteiger partial charge is 0.217 e. The van der Waals surface area contributed by atoms with Crippen LogP contribution < -0.4 is 5.32 Å². The minimum Gasteiger partial charge on any atom is -0.354 e. The largest absolute Gasteiger partial charge is 0.354 e. The molecule has 0 aliphatic carbocycles. The van der Waals surface area contributed by atoms with Crippen molar-refractivity contribution in [2.75, 3.05) is 19.6 Å². The van der Waals surface area contributed by atoms with Crippen LogP contribution in [-0.2, 0) is 9.59 Å². The fraction of sp³-hybridized carbons (Fsp3) is 0.846. The first-order valence-corrected chi connectivity index (χ1v) is 6.32. The van der Waals surface area contributed by atoms with Gasteiger partial charge in [-0.15, -0.1) is 0 Å². The summed E-state index contributed by atoms with van der Waals surface area (Å²) >= 11 is 0. The fourth-order valence-electron chi connectivity index (χ4n) is 1.96. The van der Waals surface area contributed by atoms with Crippen LogP contribution in [0.2, 0.25) is 0 Å². The number of nitrogens with one attached hydrogen (secondary N) is 1. The second-order valence-corrected chi connectivity index (χ2v) is 5.92. The molecule has 0 unspecified atom stereocenters. The average molecular weight is 240 g/mol. The Labute approximate surface area is 104 Å². The monoisotopic (exact) mass is 240 g/mol. The molecule has 0 atom stereocenters. The van der Waals surface area contributed by atoms with E-state index in [1.54, 1.807) is 6.92 Å². The molecule has 1 aliphatic heterocycles. The minimum atomic E-state index is -0.255. The Kier molecular flexibility index (Phi) is 4.69. The molecule has 0 saturated carbocycles. The Hall–Kier alpha value is -0.900. The molecule has 0 spiro atoms. The van der Waals surface area contributed by atoms with Crippen LogP contribution in [0.15, 0.2) is 0 Å². The molecule has 0 bridgehead atoms. The van der Waals surface area contributed by atoms with E-state index in [1.807, 2.05) is 20.8 Å². The Balaban J connectivity index is 2.33. The van der Waals surface area contributed by atoms with Gasteiger partial charge < -0.3 is 5.32 Å². The summed E-state index contributed by atoms with van der Waals surface area (Å²) in [7, 11) is 0. The highest BCUT2D eigenvalue weighted by Crippen LogP contribution is 2.17. The number of nitrogens with zero attached hydrogens (tertiary/aromatic N) is 1. The molecule has 0 aromatic rings. The molecule has 1 amide bonds. The maximum absolute atomic E-state index is 11.9. The molecule has 17 heavy (non-hydrogen) atoms. The van der Waals surface area contributed by atoms with E-state index >= 15 is 0 Å². The molecule has 4 heteroatoms. The predicted octanol–water partition coefficient (Wildman–Crippen LogP) is 1.20. The lowest BCUT2D eigenvalue weighted by molar-refractivity contribution is -0.128. The maximum atomic E-state index is 11.9. The summed E-state index contributed by atoms with van der Waals surface area (Å²) < 4.78 is 0. The number of ketones is 1. The van der Waals surface area contributed by atoms with Crippen LogP contribution >= 0.6 is 0 Å². The molecule has 4 nitrogen and oxygen atoms in total. The molecule has 0 aromatic heterocycles. The van der Waals surface area contributed by atoms with Crippen molar-refractivity contribution in [1.82, 2.24) is 10.2 Å². The van der Waals surface area contributed by atoms with Gasteiger partial charge in [-0.05, 0) is 12.8 Å². The number of hydrogen-bond acceptors (Lipinski definition) is 3. The fourth-order valence-corrected chi connectivity index (χ4v) is 1.96. The number of likely N-dealkylation sites (tertiary alicyclic amines) is 1. The summed E-state index contributed by atoms with van der Waals surface area (Å²) in [6.45, 7) is 9.75. The number of hydrogen-bond donors (Lipinski definition) is 1. The zero-order valence-corrected chi connectivity index (χ0v) is 11.4. The first-order chi connectivity index (χ1) is 7.79. The average Bonchev–Trinajstić information content (AvgIpc) is 2.18. The van der Waals surface area contributed by atoms with Crippen LogP contribution in [0.1, 0.15) is 40.5 Å². The lowest BCUT2D eigenvalue weighted by atomic mass is 9.90. The van der Waals surface area contributed by atoms with Gasteiger partial charge in [-0.25, -0.2) is 0 Å². The number of carbonyl (C=O) groups is 2. The van der Waals surface area contributed by atoms with Gasteiger partial charge in [0.25, 0.3) is 0 Å². The molecule has 1 fully saturated rings. The third-order valence-electron chi connectivity index (χ3n) is 3.20.